The quantitative estimate of drug-likeness (QED) is 0.0937. The molecule has 0 amide bonds. The Kier molecular flexibility index (Phi) is 33.4. The molecule has 0 atom stereocenters. The highest BCUT2D eigenvalue weighted by Gasteiger charge is 2.20. The first-order valence-electron chi connectivity index (χ1n) is 15.4. The van der Waals surface area contributed by atoms with Crippen LogP contribution in [0, 0.1) is 5.41 Å². The van der Waals surface area contributed by atoms with Crippen LogP contribution in [0.5, 0.6) is 0 Å². The van der Waals surface area contributed by atoms with E-state index < -0.39 is 0 Å². The first-order valence-corrected chi connectivity index (χ1v) is 15.4. The molecule has 0 rings (SSSR count). The van der Waals surface area contributed by atoms with Gasteiger partial charge in [0.25, 0.3) is 0 Å². The lowest BCUT2D eigenvalue weighted by Gasteiger charge is -2.16. The lowest BCUT2D eigenvalue weighted by atomic mass is 9.89. The van der Waals surface area contributed by atoms with Crippen LogP contribution < -0.4 is 0 Å². The van der Waals surface area contributed by atoms with Crippen molar-refractivity contribution in [2.24, 2.45) is 5.41 Å². The molecule has 0 N–H and O–H groups in total. The van der Waals surface area contributed by atoms with Crippen LogP contribution in [0.15, 0.2) is 0 Å². The second-order valence-electron chi connectivity index (χ2n) is 10.2. The Bertz CT molecular complexity index is 561. The average Bonchev–Trinajstić information content (AvgIpc) is 2.98. The maximum atomic E-state index is 11.8. The Balaban J connectivity index is 3.08. The van der Waals surface area contributed by atoms with E-state index in [-0.39, 0.29) is 11.2 Å². The smallest absolute Gasteiger partial charge is 0.140 e. The predicted molar refractivity (Wildman–Crippen MR) is 160 cm³/mol. The molecule has 0 aliphatic carbocycles. The molecule has 0 aromatic heterocycles. The molecule has 0 fully saturated rings. The van der Waals surface area contributed by atoms with Gasteiger partial charge < -0.3 is 56.8 Å². The van der Waals surface area contributed by atoms with E-state index in [2.05, 4.69) is 0 Å². The van der Waals surface area contributed by atoms with Gasteiger partial charge in [-0.2, -0.15) is 0 Å². The SMILES string of the molecule is COCCOCCOCCOCCOCCOCCOCCOCCOCCOCCOCCOCCC(=O)C(C)(C)C. The zero-order valence-corrected chi connectivity index (χ0v) is 27.3. The minimum atomic E-state index is -0.312. The van der Waals surface area contributed by atoms with E-state index >= 15 is 0 Å². The largest absolute Gasteiger partial charge is 0.382 e. The summed E-state index contributed by atoms with van der Waals surface area (Å²) in [5, 5.41) is 0. The molecule has 0 spiro atoms. The normalized spacial score (nSPS) is 11.9. The fraction of sp³-hybridized carbons (Fsp3) is 0.967. The maximum absolute atomic E-state index is 11.8. The topological polar surface area (TPSA) is 128 Å². The van der Waals surface area contributed by atoms with E-state index in [1.165, 1.54) is 0 Å². The van der Waals surface area contributed by atoms with E-state index in [4.69, 9.17) is 56.8 Å². The Hall–Kier alpha value is -0.810. The molecule has 258 valence electrons. The zero-order chi connectivity index (χ0) is 31.5. The van der Waals surface area contributed by atoms with E-state index in [1.54, 1.807) is 7.11 Å². The fourth-order valence-corrected chi connectivity index (χ4v) is 2.98. The fourth-order valence-electron chi connectivity index (χ4n) is 2.98. The lowest BCUT2D eigenvalue weighted by Crippen LogP contribution is -2.22. The first-order chi connectivity index (χ1) is 21.0. The number of carbonyl (C=O) groups excluding carboxylic acids is 1. The highest BCUT2D eigenvalue weighted by molar-refractivity contribution is 5.83. The van der Waals surface area contributed by atoms with Gasteiger partial charge in [0.2, 0.25) is 0 Å². The van der Waals surface area contributed by atoms with Gasteiger partial charge in [-0.15, -0.1) is 0 Å². The average molecular weight is 629 g/mol. The number of hydrogen-bond donors (Lipinski definition) is 0. The van der Waals surface area contributed by atoms with Gasteiger partial charge >= 0.3 is 0 Å². The van der Waals surface area contributed by atoms with E-state index in [0.29, 0.717) is 158 Å². The predicted octanol–water partition coefficient (Wildman–Crippen LogP) is 1.82. The van der Waals surface area contributed by atoms with Gasteiger partial charge in [0.05, 0.1) is 152 Å². The van der Waals surface area contributed by atoms with Gasteiger partial charge in [-0.25, -0.2) is 0 Å². The molecule has 0 aromatic carbocycles. The highest BCUT2D eigenvalue weighted by Crippen LogP contribution is 2.16. The van der Waals surface area contributed by atoms with Crippen molar-refractivity contribution in [1.29, 1.82) is 0 Å². The molecule has 13 heteroatoms. The van der Waals surface area contributed by atoms with Crippen LogP contribution >= 0.6 is 0 Å². The summed E-state index contributed by atoms with van der Waals surface area (Å²) in [6.07, 6.45) is 0.433. The second kappa shape index (κ2) is 34.1. The van der Waals surface area contributed by atoms with E-state index in [9.17, 15) is 4.79 Å². The van der Waals surface area contributed by atoms with Gasteiger partial charge in [0, 0.05) is 18.9 Å². The number of methoxy groups -OCH3 is 1. The summed E-state index contributed by atoms with van der Waals surface area (Å²) in [5.41, 5.74) is -0.312. The molecule has 0 heterocycles. The molecular weight excluding hydrogens is 568 g/mol. The summed E-state index contributed by atoms with van der Waals surface area (Å²) in [4.78, 5) is 11.8. The van der Waals surface area contributed by atoms with Crippen molar-refractivity contribution in [3.05, 3.63) is 0 Å². The second-order valence-corrected chi connectivity index (χ2v) is 10.2. The molecule has 13 nitrogen and oxygen atoms in total. The van der Waals surface area contributed by atoms with Gasteiger partial charge in [-0.05, 0) is 0 Å². The number of rotatable bonds is 36. The Morgan fingerprint density at radius 1 is 0.349 bits per heavy atom. The Labute approximate surface area is 259 Å². The number of ether oxygens (including phenoxy) is 12. The van der Waals surface area contributed by atoms with Crippen LogP contribution in [-0.2, 0) is 61.6 Å². The van der Waals surface area contributed by atoms with Crippen molar-refractivity contribution in [2.75, 3.05) is 159 Å². The highest BCUT2D eigenvalue weighted by atomic mass is 16.6. The van der Waals surface area contributed by atoms with Crippen molar-refractivity contribution < 1.29 is 61.6 Å². The third-order valence-corrected chi connectivity index (χ3v) is 5.46. The molecule has 0 radical (unpaired) electrons. The van der Waals surface area contributed by atoms with Crippen LogP contribution in [0.1, 0.15) is 27.2 Å². The summed E-state index contributed by atoms with van der Waals surface area (Å²) in [7, 11) is 1.64. The minimum Gasteiger partial charge on any atom is -0.382 e. The van der Waals surface area contributed by atoms with Crippen molar-refractivity contribution in [3.8, 4) is 0 Å². The molecule has 0 aromatic rings. The molecular formula is C30H60O13. The number of Topliss-reactive ketones (excluding diaryl/α,β-unsaturated/α-hetero) is 1. The number of carbonyl (C=O) groups is 1. The Morgan fingerprint density at radius 2 is 0.535 bits per heavy atom. The van der Waals surface area contributed by atoms with Crippen LogP contribution in [-0.4, -0.2) is 165 Å². The molecule has 0 aliphatic rings. The van der Waals surface area contributed by atoms with Crippen LogP contribution in [0.4, 0.5) is 0 Å². The molecule has 0 saturated heterocycles. The molecule has 0 bridgehead atoms. The van der Waals surface area contributed by atoms with Crippen molar-refractivity contribution in [3.63, 3.8) is 0 Å². The zero-order valence-electron chi connectivity index (χ0n) is 27.3. The summed E-state index contributed by atoms with van der Waals surface area (Å²) in [6, 6.07) is 0. The molecule has 0 unspecified atom stereocenters. The first kappa shape index (κ1) is 42.2. The summed E-state index contributed by atoms with van der Waals surface area (Å²) < 4.78 is 64.6. The van der Waals surface area contributed by atoms with Crippen molar-refractivity contribution in [1.82, 2.24) is 0 Å². The van der Waals surface area contributed by atoms with E-state index in [0.717, 1.165) is 0 Å². The van der Waals surface area contributed by atoms with E-state index in [1.807, 2.05) is 20.8 Å². The monoisotopic (exact) mass is 628 g/mol. The number of hydrogen-bond acceptors (Lipinski definition) is 13. The van der Waals surface area contributed by atoms with Gasteiger partial charge in [-0.3, -0.25) is 4.79 Å². The minimum absolute atomic E-state index is 0.203. The third kappa shape index (κ3) is 35.5. The maximum Gasteiger partial charge on any atom is 0.140 e. The molecule has 43 heavy (non-hydrogen) atoms. The van der Waals surface area contributed by atoms with Crippen molar-refractivity contribution >= 4 is 5.78 Å². The lowest BCUT2D eigenvalue weighted by molar-refractivity contribution is -0.127. The molecule has 0 aliphatic heterocycles. The van der Waals surface area contributed by atoms with Crippen LogP contribution in [0.25, 0.3) is 0 Å². The third-order valence-electron chi connectivity index (χ3n) is 5.46. The summed E-state index contributed by atoms with van der Waals surface area (Å²) in [5.74, 6) is 0.203. The summed E-state index contributed by atoms with van der Waals surface area (Å²) >= 11 is 0. The molecule has 0 saturated carbocycles. The van der Waals surface area contributed by atoms with Gasteiger partial charge in [0.15, 0.2) is 0 Å². The van der Waals surface area contributed by atoms with Crippen molar-refractivity contribution in [2.45, 2.75) is 27.2 Å². The van der Waals surface area contributed by atoms with Crippen LogP contribution in [0.2, 0.25) is 0 Å². The van der Waals surface area contributed by atoms with Gasteiger partial charge in [-0.1, -0.05) is 20.8 Å². The van der Waals surface area contributed by atoms with Crippen LogP contribution in [0.3, 0.4) is 0 Å². The Morgan fingerprint density at radius 3 is 0.721 bits per heavy atom. The summed E-state index contributed by atoms with van der Waals surface area (Å²) in [6.45, 7) is 17.5. The standard InChI is InChI=1S/C30H60O13/c1-30(2,3)29(31)5-6-33-9-10-35-13-14-37-17-18-39-21-22-41-25-26-43-28-27-42-24-23-40-20-19-38-16-15-36-12-11-34-8-7-32-4/h5-28H2,1-4H3. The number of ketones is 1. The van der Waals surface area contributed by atoms with Gasteiger partial charge in [0.1, 0.15) is 5.78 Å².